The van der Waals surface area contributed by atoms with E-state index >= 15 is 0 Å². The molecule has 1 aromatic carbocycles. The van der Waals surface area contributed by atoms with Crippen molar-refractivity contribution in [3.63, 3.8) is 0 Å². The highest BCUT2D eigenvalue weighted by atomic mass is 28.3. The molecular formula is C21H33O3Si. The van der Waals surface area contributed by atoms with Gasteiger partial charge >= 0.3 is 5.97 Å². The minimum atomic E-state index is -1.62. The number of hydrogen-bond donors (Lipinski definition) is 0. The van der Waals surface area contributed by atoms with Gasteiger partial charge in [-0.15, -0.1) is 6.58 Å². The Morgan fingerprint density at radius 3 is 2.20 bits per heavy atom. The van der Waals surface area contributed by atoms with E-state index in [1.54, 1.807) is 0 Å². The van der Waals surface area contributed by atoms with E-state index in [1.807, 2.05) is 24.3 Å². The van der Waals surface area contributed by atoms with E-state index in [0.717, 1.165) is 31.4 Å². The van der Waals surface area contributed by atoms with Gasteiger partial charge in [-0.25, -0.2) is 4.79 Å². The Balaban J connectivity index is 2.41. The maximum atomic E-state index is 12.0. The summed E-state index contributed by atoms with van der Waals surface area (Å²) in [5.74, 6) is -0.428. The summed E-state index contributed by atoms with van der Waals surface area (Å²) in [6.07, 6.45) is 6.56. The molecule has 0 heterocycles. The summed E-state index contributed by atoms with van der Waals surface area (Å²) < 4.78 is 0. The Morgan fingerprint density at radius 1 is 1.04 bits per heavy atom. The van der Waals surface area contributed by atoms with Crippen LogP contribution in [0, 0.1) is 6.92 Å². The van der Waals surface area contributed by atoms with Crippen molar-refractivity contribution >= 4 is 19.2 Å². The molecule has 1 radical (unpaired) electrons. The number of unbranched alkanes of at least 4 members (excludes halogenated alkanes) is 5. The van der Waals surface area contributed by atoms with Crippen LogP contribution in [0.4, 0.5) is 0 Å². The van der Waals surface area contributed by atoms with Crippen LogP contribution in [-0.2, 0) is 9.78 Å². The lowest BCUT2D eigenvalue weighted by molar-refractivity contribution is -0.241. The molecule has 4 heteroatoms. The van der Waals surface area contributed by atoms with Crippen molar-refractivity contribution in [2.45, 2.75) is 64.5 Å². The first-order valence-electron chi connectivity index (χ1n) is 9.50. The molecule has 0 saturated carbocycles. The fourth-order valence-corrected chi connectivity index (χ4v) is 5.97. The van der Waals surface area contributed by atoms with Gasteiger partial charge in [0.2, 0.25) is 0 Å². The van der Waals surface area contributed by atoms with E-state index in [-0.39, 0.29) is 0 Å². The third-order valence-electron chi connectivity index (χ3n) is 4.96. The summed E-state index contributed by atoms with van der Waals surface area (Å²) in [6.45, 7) is 12.7. The first-order chi connectivity index (χ1) is 12.1. The number of carbonyl (C=O) groups is 1. The zero-order chi connectivity index (χ0) is 18.5. The highest BCUT2D eigenvalue weighted by Gasteiger charge is 2.27. The lowest BCUT2D eigenvalue weighted by Gasteiger charge is -2.25. The van der Waals surface area contributed by atoms with E-state index in [1.165, 1.54) is 24.4 Å². The molecule has 0 N–H and O–H groups in total. The molecule has 0 fully saturated rings. The zero-order valence-corrected chi connectivity index (χ0v) is 16.9. The highest BCUT2D eigenvalue weighted by Crippen LogP contribution is 2.17. The Hall–Kier alpha value is -1.39. The first-order valence-corrected chi connectivity index (χ1v) is 12.0. The summed E-state index contributed by atoms with van der Waals surface area (Å²) in [6, 6.07) is 9.98. The SMILES string of the molecule is [CH2]CCCCCCCOOC(=O)c1ccc([Si](C=C)(CC)CC)cc1. The predicted octanol–water partition coefficient (Wildman–Crippen LogP) is 5.37. The standard InChI is InChI=1S/C21H33O3Si/c1-5-9-10-11-12-13-18-23-24-21(22)19-14-16-20(17-15-19)25(6-2,7-3)8-4/h6,14-17H,1-2,5,7-13,18H2,3-4H3. The molecule has 0 atom stereocenters. The van der Waals surface area contributed by atoms with Crippen LogP contribution >= 0.6 is 0 Å². The molecule has 0 aliphatic carbocycles. The van der Waals surface area contributed by atoms with Crippen LogP contribution < -0.4 is 5.19 Å². The predicted molar refractivity (Wildman–Crippen MR) is 107 cm³/mol. The Labute approximate surface area is 154 Å². The molecule has 139 valence electrons. The van der Waals surface area contributed by atoms with Crippen LogP contribution in [0.3, 0.4) is 0 Å². The fourth-order valence-electron chi connectivity index (χ4n) is 3.01. The van der Waals surface area contributed by atoms with Crippen molar-refractivity contribution in [2.75, 3.05) is 6.61 Å². The number of carbonyl (C=O) groups excluding carboxylic acids is 1. The van der Waals surface area contributed by atoms with Crippen molar-refractivity contribution in [1.29, 1.82) is 0 Å². The van der Waals surface area contributed by atoms with E-state index in [4.69, 9.17) is 9.78 Å². The van der Waals surface area contributed by atoms with Gasteiger partial charge < -0.3 is 0 Å². The van der Waals surface area contributed by atoms with Crippen LogP contribution in [0.25, 0.3) is 0 Å². The molecular weight excluding hydrogens is 328 g/mol. The second kappa shape index (κ2) is 12.0. The fraction of sp³-hybridized carbons (Fsp3) is 0.524. The topological polar surface area (TPSA) is 35.5 Å². The van der Waals surface area contributed by atoms with E-state index in [0.29, 0.717) is 12.2 Å². The molecule has 1 aromatic rings. The number of rotatable bonds is 13. The minimum absolute atomic E-state index is 0.428. The van der Waals surface area contributed by atoms with E-state index in [2.05, 4.69) is 33.0 Å². The van der Waals surface area contributed by atoms with Gasteiger partial charge in [0.1, 0.15) is 8.07 Å². The zero-order valence-electron chi connectivity index (χ0n) is 15.9. The van der Waals surface area contributed by atoms with Gasteiger partial charge in [0.05, 0.1) is 12.2 Å². The van der Waals surface area contributed by atoms with Gasteiger partial charge in [-0.2, -0.15) is 4.89 Å². The largest absolute Gasteiger partial charge is 0.373 e. The summed E-state index contributed by atoms with van der Waals surface area (Å²) in [4.78, 5) is 22.0. The van der Waals surface area contributed by atoms with Crippen molar-refractivity contribution in [3.8, 4) is 0 Å². The van der Waals surface area contributed by atoms with Gasteiger partial charge in [0.15, 0.2) is 0 Å². The molecule has 3 nitrogen and oxygen atoms in total. The lowest BCUT2D eigenvalue weighted by atomic mass is 10.1. The van der Waals surface area contributed by atoms with Crippen LogP contribution in [-0.4, -0.2) is 20.7 Å². The molecule has 25 heavy (non-hydrogen) atoms. The average Bonchev–Trinajstić information content (AvgIpc) is 2.66. The maximum absolute atomic E-state index is 12.0. The summed E-state index contributed by atoms with van der Waals surface area (Å²) in [5, 5.41) is 1.31. The normalized spacial score (nSPS) is 11.3. The van der Waals surface area contributed by atoms with Gasteiger partial charge in [0, 0.05) is 0 Å². The molecule has 0 spiro atoms. The smallest absolute Gasteiger partial charge is 0.293 e. The molecule has 0 amide bonds. The number of benzene rings is 1. The van der Waals surface area contributed by atoms with Gasteiger partial charge in [-0.3, -0.25) is 4.89 Å². The molecule has 0 saturated heterocycles. The molecule has 0 unspecified atom stereocenters. The summed E-state index contributed by atoms with van der Waals surface area (Å²) in [5.41, 5.74) is 2.67. The van der Waals surface area contributed by atoms with Crippen molar-refractivity contribution < 1.29 is 14.6 Å². The van der Waals surface area contributed by atoms with Gasteiger partial charge in [-0.1, -0.05) is 88.0 Å². The first kappa shape index (κ1) is 21.6. The van der Waals surface area contributed by atoms with Gasteiger partial charge in [0.25, 0.3) is 0 Å². The minimum Gasteiger partial charge on any atom is -0.293 e. The van der Waals surface area contributed by atoms with Crippen LogP contribution in [0.1, 0.15) is 62.7 Å². The third kappa shape index (κ3) is 6.79. The Kier molecular flexibility index (Phi) is 10.4. The molecule has 0 aliphatic rings. The average molecular weight is 362 g/mol. The summed E-state index contributed by atoms with van der Waals surface area (Å²) >= 11 is 0. The summed E-state index contributed by atoms with van der Waals surface area (Å²) in [7, 11) is -1.62. The molecule has 0 aromatic heterocycles. The quantitative estimate of drug-likeness (QED) is 0.205. The Bertz CT molecular complexity index is 506. The molecule has 0 bridgehead atoms. The highest BCUT2D eigenvalue weighted by molar-refractivity contribution is 6.95. The van der Waals surface area contributed by atoms with Crippen LogP contribution in [0.15, 0.2) is 36.5 Å². The van der Waals surface area contributed by atoms with Gasteiger partial charge in [-0.05, 0) is 18.6 Å². The van der Waals surface area contributed by atoms with E-state index < -0.39 is 14.0 Å². The lowest BCUT2D eigenvalue weighted by Crippen LogP contribution is -2.44. The monoisotopic (exact) mass is 361 g/mol. The van der Waals surface area contributed by atoms with E-state index in [9.17, 15) is 4.79 Å². The van der Waals surface area contributed by atoms with Crippen molar-refractivity contribution in [2.24, 2.45) is 0 Å². The van der Waals surface area contributed by atoms with Crippen LogP contribution in [0.5, 0.6) is 0 Å². The number of hydrogen-bond acceptors (Lipinski definition) is 3. The van der Waals surface area contributed by atoms with Crippen molar-refractivity contribution in [3.05, 3.63) is 49.0 Å². The second-order valence-electron chi connectivity index (χ2n) is 6.46. The molecule has 0 aliphatic heterocycles. The second-order valence-corrected chi connectivity index (χ2v) is 11.2. The maximum Gasteiger partial charge on any atom is 0.373 e. The van der Waals surface area contributed by atoms with Crippen molar-refractivity contribution in [1.82, 2.24) is 0 Å². The third-order valence-corrected chi connectivity index (χ3v) is 9.75. The molecule has 1 rings (SSSR count). The Morgan fingerprint density at radius 2 is 1.64 bits per heavy atom. The van der Waals surface area contributed by atoms with Crippen LogP contribution in [0.2, 0.25) is 12.1 Å².